The lowest BCUT2D eigenvalue weighted by Gasteiger charge is -2.07. The van der Waals surface area contributed by atoms with Crippen molar-refractivity contribution in [1.82, 2.24) is 4.57 Å². The van der Waals surface area contributed by atoms with Gasteiger partial charge in [0.05, 0.1) is 18.5 Å². The van der Waals surface area contributed by atoms with Gasteiger partial charge in [-0.05, 0) is 42.0 Å². The Balaban J connectivity index is 0.00000208. The summed E-state index contributed by atoms with van der Waals surface area (Å²) >= 11 is 1.63. The van der Waals surface area contributed by atoms with Crippen molar-refractivity contribution in [1.29, 1.82) is 0 Å². The van der Waals surface area contributed by atoms with E-state index in [1.165, 1.54) is 0 Å². The maximum atomic E-state index is 5.23. The van der Waals surface area contributed by atoms with Crippen molar-refractivity contribution in [2.24, 2.45) is 4.99 Å². The van der Waals surface area contributed by atoms with E-state index in [4.69, 9.17) is 9.73 Å². The van der Waals surface area contributed by atoms with Gasteiger partial charge in [0.1, 0.15) is 5.75 Å². The van der Waals surface area contributed by atoms with Gasteiger partial charge in [-0.15, -0.1) is 17.9 Å². The molecule has 3 rings (SSSR count). The van der Waals surface area contributed by atoms with Crippen molar-refractivity contribution in [2.45, 2.75) is 6.54 Å². The molecule has 0 unspecified atom stereocenters. The molecule has 1 aromatic heterocycles. The third-order valence-corrected chi connectivity index (χ3v) is 4.34. The predicted octanol–water partition coefficient (Wildman–Crippen LogP) is 1.65. The van der Waals surface area contributed by atoms with Crippen LogP contribution < -0.4 is 26.5 Å². The largest absolute Gasteiger partial charge is 1.00 e. The van der Waals surface area contributed by atoms with Crippen molar-refractivity contribution >= 4 is 17.0 Å². The minimum absolute atomic E-state index is 0. The maximum absolute atomic E-state index is 5.23. The molecular weight excluding hydrogens is 384 g/mol. The van der Waals surface area contributed by atoms with Crippen LogP contribution in [0.15, 0.2) is 77.6 Å². The highest BCUT2D eigenvalue weighted by Crippen LogP contribution is 2.23. The molecule has 0 spiro atoms. The third-order valence-electron chi connectivity index (χ3n) is 3.48. The standard InChI is InChI=1S/C19H18N2OS.BrH/c1-3-13-21-18(15-9-11-17(22-2)12-10-15)14-23-19(21)20-16-7-5-4-6-8-16;/h3-12,14H,1,13H2,2H3;1H/p-1. The summed E-state index contributed by atoms with van der Waals surface area (Å²) in [6.45, 7) is 4.59. The van der Waals surface area contributed by atoms with Crippen LogP contribution in [0.2, 0.25) is 0 Å². The monoisotopic (exact) mass is 401 g/mol. The first-order chi connectivity index (χ1) is 11.3. The number of hydrogen-bond donors (Lipinski definition) is 0. The quantitative estimate of drug-likeness (QED) is 0.597. The molecule has 0 N–H and O–H groups in total. The molecular formula is C19H18BrN2OS-. The van der Waals surface area contributed by atoms with E-state index in [1.54, 1.807) is 18.4 Å². The average Bonchev–Trinajstić information content (AvgIpc) is 2.99. The maximum Gasteiger partial charge on any atom is 0.190 e. The van der Waals surface area contributed by atoms with Gasteiger partial charge < -0.3 is 26.3 Å². The zero-order chi connectivity index (χ0) is 16.1. The lowest BCUT2D eigenvalue weighted by atomic mass is 10.1. The summed E-state index contributed by atoms with van der Waals surface area (Å²) in [6, 6.07) is 18.1. The number of aromatic nitrogens is 1. The number of benzene rings is 2. The molecule has 0 saturated carbocycles. The molecule has 3 aromatic rings. The van der Waals surface area contributed by atoms with Crippen LogP contribution in [0.25, 0.3) is 11.3 Å². The fourth-order valence-corrected chi connectivity index (χ4v) is 3.27. The van der Waals surface area contributed by atoms with Gasteiger partial charge in [-0.25, -0.2) is 4.99 Å². The van der Waals surface area contributed by atoms with Crippen molar-refractivity contribution in [3.05, 3.63) is 77.4 Å². The Kier molecular flexibility index (Phi) is 6.58. The van der Waals surface area contributed by atoms with Gasteiger partial charge in [0, 0.05) is 11.9 Å². The molecule has 0 saturated heterocycles. The predicted molar refractivity (Wildman–Crippen MR) is 96.2 cm³/mol. The van der Waals surface area contributed by atoms with Crippen molar-refractivity contribution in [2.75, 3.05) is 7.11 Å². The molecule has 0 aliphatic rings. The number of allylic oxidation sites excluding steroid dienone is 1. The molecule has 0 amide bonds. The molecule has 0 aliphatic carbocycles. The second kappa shape index (κ2) is 8.66. The lowest BCUT2D eigenvalue weighted by Crippen LogP contribution is -3.00. The Labute approximate surface area is 156 Å². The van der Waals surface area contributed by atoms with Gasteiger partial charge in [-0.2, -0.15) is 0 Å². The highest BCUT2D eigenvalue weighted by atomic mass is 79.9. The molecule has 24 heavy (non-hydrogen) atoms. The van der Waals surface area contributed by atoms with Crippen molar-refractivity contribution < 1.29 is 21.7 Å². The molecule has 3 nitrogen and oxygen atoms in total. The first-order valence-corrected chi connectivity index (χ1v) is 8.23. The molecule has 0 radical (unpaired) electrons. The van der Waals surface area contributed by atoms with Gasteiger partial charge in [-0.1, -0.05) is 24.3 Å². The first-order valence-electron chi connectivity index (χ1n) is 7.35. The summed E-state index contributed by atoms with van der Waals surface area (Å²) in [5.74, 6) is 0.855. The van der Waals surface area contributed by atoms with E-state index in [2.05, 4.69) is 28.7 Å². The number of thiazole rings is 1. The fourth-order valence-electron chi connectivity index (χ4n) is 2.33. The molecule has 5 heteroatoms. The van der Waals surface area contributed by atoms with Gasteiger partial charge in [-0.3, -0.25) is 0 Å². The Morgan fingerprint density at radius 2 is 1.83 bits per heavy atom. The van der Waals surface area contributed by atoms with Gasteiger partial charge in [0.2, 0.25) is 0 Å². The Bertz CT molecular complexity index is 851. The summed E-state index contributed by atoms with van der Waals surface area (Å²) < 4.78 is 7.40. The lowest BCUT2D eigenvalue weighted by molar-refractivity contribution is -0.00000488. The molecule has 0 atom stereocenters. The summed E-state index contributed by atoms with van der Waals surface area (Å²) in [7, 11) is 1.67. The minimum Gasteiger partial charge on any atom is -1.00 e. The van der Waals surface area contributed by atoms with E-state index in [0.29, 0.717) is 0 Å². The second-order valence-corrected chi connectivity index (χ2v) is 5.82. The average molecular weight is 402 g/mol. The molecule has 2 aromatic carbocycles. The molecule has 124 valence electrons. The van der Waals surface area contributed by atoms with Crippen LogP contribution in [0.4, 0.5) is 5.69 Å². The molecule has 0 fully saturated rings. The highest BCUT2D eigenvalue weighted by Gasteiger charge is 2.07. The van der Waals surface area contributed by atoms with Gasteiger partial charge in [0.25, 0.3) is 0 Å². The normalized spacial score (nSPS) is 11.0. The van der Waals surface area contributed by atoms with E-state index in [0.717, 1.165) is 34.0 Å². The van der Waals surface area contributed by atoms with Gasteiger partial charge in [0.15, 0.2) is 4.80 Å². The summed E-state index contributed by atoms with van der Waals surface area (Å²) in [5, 5.41) is 2.13. The van der Waals surface area contributed by atoms with Crippen molar-refractivity contribution in [3.63, 3.8) is 0 Å². The Morgan fingerprint density at radius 3 is 2.46 bits per heavy atom. The number of ether oxygens (including phenoxy) is 1. The number of nitrogens with zero attached hydrogens (tertiary/aromatic N) is 2. The number of methoxy groups -OCH3 is 1. The van der Waals surface area contributed by atoms with Crippen molar-refractivity contribution in [3.8, 4) is 17.0 Å². The van der Waals surface area contributed by atoms with Crippen LogP contribution in [0.5, 0.6) is 5.75 Å². The van der Waals surface area contributed by atoms with E-state index in [-0.39, 0.29) is 17.0 Å². The fraction of sp³-hybridized carbons (Fsp3) is 0.105. The molecule has 0 bridgehead atoms. The zero-order valence-electron chi connectivity index (χ0n) is 13.4. The number of halogens is 1. The number of rotatable bonds is 5. The minimum atomic E-state index is 0. The Hall–Kier alpha value is -2.11. The topological polar surface area (TPSA) is 26.5 Å². The summed E-state index contributed by atoms with van der Waals surface area (Å²) in [6.07, 6.45) is 1.89. The van der Waals surface area contributed by atoms with E-state index in [1.807, 2.05) is 48.5 Å². The van der Waals surface area contributed by atoms with E-state index >= 15 is 0 Å². The van der Waals surface area contributed by atoms with E-state index in [9.17, 15) is 0 Å². The van der Waals surface area contributed by atoms with Crippen LogP contribution >= 0.6 is 11.3 Å². The van der Waals surface area contributed by atoms with Crippen LogP contribution in [-0.4, -0.2) is 11.7 Å². The van der Waals surface area contributed by atoms with E-state index < -0.39 is 0 Å². The number of para-hydroxylation sites is 1. The third kappa shape index (κ3) is 4.04. The first kappa shape index (κ1) is 18.2. The molecule has 0 aliphatic heterocycles. The molecule has 1 heterocycles. The van der Waals surface area contributed by atoms with Gasteiger partial charge >= 0.3 is 0 Å². The zero-order valence-corrected chi connectivity index (χ0v) is 15.8. The SMILES string of the molecule is C=CCn1c(-c2ccc(OC)cc2)csc1=Nc1ccccc1.[Br-]. The van der Waals surface area contributed by atoms with Crippen LogP contribution in [0.3, 0.4) is 0 Å². The van der Waals surface area contributed by atoms with Crippen LogP contribution in [0.1, 0.15) is 0 Å². The van der Waals surface area contributed by atoms with Crippen LogP contribution in [0, 0.1) is 0 Å². The second-order valence-electron chi connectivity index (χ2n) is 4.98. The summed E-state index contributed by atoms with van der Waals surface area (Å²) in [4.78, 5) is 5.71. The Morgan fingerprint density at radius 1 is 1.12 bits per heavy atom. The smallest absolute Gasteiger partial charge is 0.190 e. The summed E-state index contributed by atoms with van der Waals surface area (Å²) in [5.41, 5.74) is 3.22. The van der Waals surface area contributed by atoms with Crippen LogP contribution in [-0.2, 0) is 6.54 Å². The highest BCUT2D eigenvalue weighted by molar-refractivity contribution is 7.07. The number of hydrogen-bond acceptors (Lipinski definition) is 3.